The van der Waals surface area contributed by atoms with Crippen molar-refractivity contribution in [3.8, 4) is 0 Å². The van der Waals surface area contributed by atoms with E-state index in [0.717, 1.165) is 11.8 Å². The molecule has 0 fully saturated rings. The Hall–Kier alpha value is -0.643. The van der Waals surface area contributed by atoms with E-state index >= 15 is 0 Å². The Morgan fingerprint density at radius 1 is 1.86 bits per heavy atom. The molecule has 0 bridgehead atoms. The van der Waals surface area contributed by atoms with Gasteiger partial charge in [-0.25, -0.2) is 4.79 Å². The molecule has 0 aromatic carbocycles. The maximum absolute atomic E-state index is 11.1. The van der Waals surface area contributed by atoms with E-state index in [2.05, 4.69) is 0 Å². The zero-order chi connectivity index (χ0) is 5.70. The van der Waals surface area contributed by atoms with Gasteiger partial charge in [-0.1, -0.05) is 5.70 Å². The molecule has 0 rings (SSSR count). The summed E-state index contributed by atoms with van der Waals surface area (Å²) in [5, 5.41) is 7.81. The molecule has 0 spiro atoms. The lowest BCUT2D eigenvalue weighted by Gasteiger charge is -1.71. The van der Waals surface area contributed by atoms with Gasteiger partial charge in [0, 0.05) is 6.08 Å². The van der Waals surface area contributed by atoms with Gasteiger partial charge < -0.3 is 9.21 Å². The van der Waals surface area contributed by atoms with Crippen LogP contribution in [0, 0.1) is 0 Å². The molecule has 0 unspecified atom stereocenters. The second-order valence-electron chi connectivity index (χ2n) is 0.895. The molecule has 1 N–H and O–H groups in total. The van der Waals surface area contributed by atoms with Crippen LogP contribution in [0.2, 0.25) is 0 Å². The Kier molecular flexibility index (Phi) is 3.22. The number of hydrogen-bond donors (Lipinski definition) is 1. The third-order valence-electron chi connectivity index (χ3n) is 0.350. The summed E-state index contributed by atoms with van der Waals surface area (Å²) in [4.78, 5) is 9.53. The highest BCUT2D eigenvalue weighted by atomic mass is 28.3. The molecular weight excluding hydrogens is 115 g/mol. The summed E-state index contributed by atoms with van der Waals surface area (Å²) in [5.74, 6) is -1.08. The number of carbonyl (C=O) groups is 1. The van der Waals surface area contributed by atoms with E-state index in [1.165, 1.54) is 0 Å². The molecular formula is C3H5FO2Si. The molecule has 0 aliphatic rings. The van der Waals surface area contributed by atoms with Crippen LogP contribution in [0.25, 0.3) is 0 Å². The largest absolute Gasteiger partial charge is 0.478 e. The van der Waals surface area contributed by atoms with Crippen molar-refractivity contribution in [2.75, 3.05) is 0 Å². The second kappa shape index (κ2) is 3.54. The monoisotopic (exact) mass is 120 g/mol. The first-order valence-electron chi connectivity index (χ1n) is 1.73. The Balaban J connectivity index is 3.26. The van der Waals surface area contributed by atoms with E-state index in [4.69, 9.17) is 5.11 Å². The molecule has 0 saturated heterocycles. The summed E-state index contributed by atoms with van der Waals surface area (Å²) in [6.07, 6.45) is 0.826. The lowest BCUT2D eigenvalue weighted by Crippen LogP contribution is -1.86. The first kappa shape index (κ1) is 6.36. The van der Waals surface area contributed by atoms with Crippen molar-refractivity contribution in [1.82, 2.24) is 0 Å². The average Bonchev–Trinajstić information content (AvgIpc) is 1.61. The quantitative estimate of drug-likeness (QED) is 0.307. The molecule has 0 aliphatic carbocycles. The highest BCUT2D eigenvalue weighted by Gasteiger charge is 1.81. The number of hydrogen-bond acceptors (Lipinski definition) is 1. The summed E-state index contributed by atoms with van der Waals surface area (Å²) >= 11 is 0. The lowest BCUT2D eigenvalue weighted by atomic mass is 10.7. The summed E-state index contributed by atoms with van der Waals surface area (Å²) in [6.45, 7) is 0. The van der Waals surface area contributed by atoms with Gasteiger partial charge in [0.2, 0.25) is 9.85 Å². The number of halogens is 1. The van der Waals surface area contributed by atoms with Crippen LogP contribution in [-0.2, 0) is 4.79 Å². The fourth-order valence-electron chi connectivity index (χ4n) is 0.145. The van der Waals surface area contributed by atoms with Crippen molar-refractivity contribution < 1.29 is 14.0 Å². The van der Waals surface area contributed by atoms with Crippen molar-refractivity contribution in [3.05, 3.63) is 11.8 Å². The zero-order valence-corrected chi connectivity index (χ0v) is 5.01. The molecule has 4 heteroatoms. The van der Waals surface area contributed by atoms with Crippen molar-refractivity contribution >= 4 is 15.8 Å². The Morgan fingerprint density at radius 3 is 2.57 bits per heavy atom. The van der Waals surface area contributed by atoms with Gasteiger partial charge in [0.25, 0.3) is 0 Å². The molecule has 0 radical (unpaired) electrons. The third-order valence-corrected chi connectivity index (χ3v) is 0.763. The molecule has 0 amide bonds. The molecule has 7 heavy (non-hydrogen) atoms. The Morgan fingerprint density at radius 2 is 2.43 bits per heavy atom. The Bertz CT molecular complexity index is 90.9. The maximum Gasteiger partial charge on any atom is 0.327 e. The highest BCUT2D eigenvalue weighted by molar-refractivity contribution is 6.34. The highest BCUT2D eigenvalue weighted by Crippen LogP contribution is 1.68. The minimum Gasteiger partial charge on any atom is -0.478 e. The lowest BCUT2D eigenvalue weighted by molar-refractivity contribution is -0.131. The average molecular weight is 120 g/mol. The summed E-state index contributed by atoms with van der Waals surface area (Å²) < 4.78 is 11.1. The van der Waals surface area contributed by atoms with Crippen LogP contribution < -0.4 is 0 Å². The van der Waals surface area contributed by atoms with Gasteiger partial charge in [0.15, 0.2) is 0 Å². The van der Waals surface area contributed by atoms with Crippen molar-refractivity contribution in [2.45, 2.75) is 0 Å². The fraction of sp³-hybridized carbons (Fsp3) is 0. The van der Waals surface area contributed by atoms with Gasteiger partial charge in [-0.3, -0.25) is 0 Å². The predicted octanol–water partition coefficient (Wildman–Crippen LogP) is -0.362. The van der Waals surface area contributed by atoms with Gasteiger partial charge in [-0.05, 0) is 0 Å². The minimum absolute atomic E-state index is 0.826. The molecule has 0 saturated carbocycles. The number of carboxylic acids is 1. The van der Waals surface area contributed by atoms with Gasteiger partial charge >= 0.3 is 5.97 Å². The minimum atomic E-state index is -1.69. The number of carboxylic acid groups (broad SMARTS) is 1. The first-order valence-corrected chi connectivity index (χ1v) is 3.08. The smallest absolute Gasteiger partial charge is 0.327 e. The van der Waals surface area contributed by atoms with E-state index in [1.54, 1.807) is 0 Å². The number of rotatable bonds is 2. The molecule has 40 valence electrons. The first-order chi connectivity index (χ1) is 3.27. The maximum atomic E-state index is 11.1. The topological polar surface area (TPSA) is 37.3 Å². The summed E-state index contributed by atoms with van der Waals surface area (Å²) in [6, 6.07) is 0. The van der Waals surface area contributed by atoms with Gasteiger partial charge in [0.05, 0.1) is 0 Å². The van der Waals surface area contributed by atoms with Crippen molar-refractivity contribution in [3.63, 3.8) is 0 Å². The van der Waals surface area contributed by atoms with E-state index in [0.29, 0.717) is 0 Å². The van der Waals surface area contributed by atoms with Crippen LogP contribution in [-0.4, -0.2) is 20.9 Å². The van der Waals surface area contributed by atoms with Gasteiger partial charge in [0.1, 0.15) is 0 Å². The van der Waals surface area contributed by atoms with E-state index < -0.39 is 15.8 Å². The van der Waals surface area contributed by atoms with Crippen LogP contribution in [0.3, 0.4) is 0 Å². The molecule has 0 aromatic heterocycles. The van der Waals surface area contributed by atoms with Gasteiger partial charge in [-0.2, -0.15) is 0 Å². The van der Waals surface area contributed by atoms with E-state index in [1.807, 2.05) is 0 Å². The molecule has 0 atom stereocenters. The van der Waals surface area contributed by atoms with Crippen LogP contribution in [0.4, 0.5) is 4.11 Å². The second-order valence-corrected chi connectivity index (χ2v) is 1.67. The fourth-order valence-corrected chi connectivity index (χ4v) is 0.436. The predicted molar refractivity (Wildman–Crippen MR) is 26.4 cm³/mol. The molecule has 0 aromatic rings. The Labute approximate surface area is 42.6 Å². The van der Waals surface area contributed by atoms with Crippen molar-refractivity contribution in [1.29, 1.82) is 0 Å². The molecule has 0 aliphatic heterocycles. The van der Waals surface area contributed by atoms with E-state index in [9.17, 15) is 8.90 Å². The van der Waals surface area contributed by atoms with Crippen LogP contribution in [0.15, 0.2) is 11.8 Å². The van der Waals surface area contributed by atoms with E-state index in [-0.39, 0.29) is 0 Å². The van der Waals surface area contributed by atoms with Crippen LogP contribution in [0.1, 0.15) is 0 Å². The van der Waals surface area contributed by atoms with Gasteiger partial charge in [-0.15, -0.1) is 0 Å². The van der Waals surface area contributed by atoms with Crippen molar-refractivity contribution in [2.24, 2.45) is 0 Å². The summed E-state index contributed by atoms with van der Waals surface area (Å²) in [5.41, 5.74) is 1.07. The zero-order valence-electron chi connectivity index (χ0n) is 3.60. The number of aliphatic carboxylic acids is 1. The normalized spacial score (nSPS) is 11.6. The third kappa shape index (κ3) is 5.36. The molecule has 2 nitrogen and oxygen atoms in total. The standard InChI is InChI=1S/C3H5FO2Si/c4-7-2-1-3(5)6/h1-2H,7H2,(H,5,6). The summed E-state index contributed by atoms with van der Waals surface area (Å²) in [7, 11) is -1.69. The SMILES string of the molecule is O=C(O)C=C[SiH2]F. The van der Waals surface area contributed by atoms with Crippen LogP contribution >= 0.6 is 0 Å². The molecule has 0 heterocycles. The van der Waals surface area contributed by atoms with Crippen LogP contribution in [0.5, 0.6) is 0 Å².